The molecule has 0 spiro atoms. The molecule has 0 amide bonds. The molecule has 1 aliphatic carbocycles. The Balaban J connectivity index is 1.94. The van der Waals surface area contributed by atoms with Gasteiger partial charge in [0.1, 0.15) is 0 Å². The fraction of sp³-hybridized carbons (Fsp3) is 1.00. The first-order valence-corrected chi connectivity index (χ1v) is 7.27. The van der Waals surface area contributed by atoms with Gasteiger partial charge in [0.15, 0.2) is 0 Å². The summed E-state index contributed by atoms with van der Waals surface area (Å²) in [5.41, 5.74) is 0. The second-order valence-corrected chi connectivity index (χ2v) is 5.17. The van der Waals surface area contributed by atoms with Crippen LogP contribution >= 0.6 is 0 Å². The molecule has 2 N–H and O–H groups in total. The van der Waals surface area contributed by atoms with Gasteiger partial charge in [-0.25, -0.2) is 0 Å². The normalized spacial score (nSPS) is 20.8. The lowest BCUT2D eigenvalue weighted by molar-refractivity contribution is -0.0309. The van der Waals surface area contributed by atoms with Crippen LogP contribution in [0.15, 0.2) is 0 Å². The van der Waals surface area contributed by atoms with Gasteiger partial charge in [-0.2, -0.15) is 0 Å². The molecule has 1 fully saturated rings. The minimum Gasteiger partial charge on any atom is -0.391 e. The predicted octanol–water partition coefficient (Wildman–Crippen LogP) is 1.87. The summed E-state index contributed by atoms with van der Waals surface area (Å²) in [6.07, 6.45) is 6.97. The molecule has 0 aromatic rings. The molecule has 0 aromatic heterocycles. The monoisotopic (exact) mass is 260 g/mol. The molecule has 0 heterocycles. The predicted molar refractivity (Wildman–Crippen MR) is 70.6 cm³/mol. The third-order valence-corrected chi connectivity index (χ3v) is 3.45. The van der Waals surface area contributed by atoms with Gasteiger partial charge in [0.2, 0.25) is 0 Å². The van der Waals surface area contributed by atoms with Crippen molar-refractivity contribution in [3.63, 3.8) is 0 Å². The molecular formula is C14H28O4. The van der Waals surface area contributed by atoms with E-state index in [2.05, 4.69) is 0 Å². The van der Waals surface area contributed by atoms with Crippen LogP contribution in [0.1, 0.15) is 51.9 Å². The van der Waals surface area contributed by atoms with E-state index in [4.69, 9.17) is 9.47 Å². The Morgan fingerprint density at radius 1 is 1.06 bits per heavy atom. The van der Waals surface area contributed by atoms with Gasteiger partial charge in [-0.05, 0) is 25.7 Å². The van der Waals surface area contributed by atoms with E-state index in [9.17, 15) is 10.2 Å². The van der Waals surface area contributed by atoms with Gasteiger partial charge >= 0.3 is 0 Å². The van der Waals surface area contributed by atoms with E-state index in [1.54, 1.807) is 0 Å². The topological polar surface area (TPSA) is 58.9 Å². The van der Waals surface area contributed by atoms with Gasteiger partial charge in [0.25, 0.3) is 0 Å². The number of ether oxygens (including phenoxy) is 2. The number of hydrogen-bond acceptors (Lipinski definition) is 4. The summed E-state index contributed by atoms with van der Waals surface area (Å²) in [4.78, 5) is 0. The Kier molecular flexibility index (Phi) is 8.59. The molecule has 1 rings (SSSR count). The Hall–Kier alpha value is -0.160. The maximum Gasteiger partial charge on any atom is 0.0795 e. The first-order chi connectivity index (χ1) is 8.72. The molecule has 0 radical (unpaired) electrons. The minimum absolute atomic E-state index is 0.283. The number of hydrogen-bond donors (Lipinski definition) is 2. The molecule has 0 bridgehead atoms. The molecule has 4 nitrogen and oxygen atoms in total. The van der Waals surface area contributed by atoms with Crippen LogP contribution in [0, 0.1) is 0 Å². The summed E-state index contributed by atoms with van der Waals surface area (Å²) in [5, 5.41) is 19.0. The highest BCUT2D eigenvalue weighted by Gasteiger charge is 2.14. The lowest BCUT2D eigenvalue weighted by Crippen LogP contribution is -2.24. The average molecular weight is 260 g/mol. The number of rotatable bonds is 9. The Labute approximate surface area is 110 Å². The van der Waals surface area contributed by atoms with Crippen molar-refractivity contribution < 1.29 is 19.7 Å². The summed E-state index contributed by atoms with van der Waals surface area (Å²) in [6, 6.07) is 0. The standard InChI is InChI=1S/C14H28O4/c1-2-12(15)10-17-11-13(16)8-9-18-14-6-4-3-5-7-14/h12-16H,2-11H2,1H3. The minimum atomic E-state index is -0.488. The smallest absolute Gasteiger partial charge is 0.0795 e. The third kappa shape index (κ3) is 7.31. The third-order valence-electron chi connectivity index (χ3n) is 3.45. The molecule has 2 unspecified atom stereocenters. The fourth-order valence-electron chi connectivity index (χ4n) is 2.14. The quantitative estimate of drug-likeness (QED) is 0.664. The van der Waals surface area contributed by atoms with E-state index >= 15 is 0 Å². The van der Waals surface area contributed by atoms with Crippen molar-refractivity contribution in [3.05, 3.63) is 0 Å². The van der Waals surface area contributed by atoms with Crippen LogP contribution in [0.4, 0.5) is 0 Å². The van der Waals surface area contributed by atoms with E-state index in [1.165, 1.54) is 19.3 Å². The molecule has 0 aliphatic heterocycles. The lowest BCUT2D eigenvalue weighted by atomic mass is 9.98. The van der Waals surface area contributed by atoms with Gasteiger partial charge in [-0.3, -0.25) is 0 Å². The molecule has 2 atom stereocenters. The zero-order chi connectivity index (χ0) is 13.2. The maximum atomic E-state index is 9.68. The Bertz CT molecular complexity index is 192. The van der Waals surface area contributed by atoms with E-state index in [0.29, 0.717) is 32.2 Å². The van der Waals surface area contributed by atoms with Crippen molar-refractivity contribution in [2.24, 2.45) is 0 Å². The number of aliphatic hydroxyl groups excluding tert-OH is 2. The van der Waals surface area contributed by atoms with Crippen LogP contribution < -0.4 is 0 Å². The summed E-state index contributed by atoms with van der Waals surface area (Å²) < 4.78 is 11.0. The van der Waals surface area contributed by atoms with Crippen LogP contribution in [0.2, 0.25) is 0 Å². The van der Waals surface area contributed by atoms with Crippen molar-refractivity contribution in [2.45, 2.75) is 70.2 Å². The summed E-state index contributed by atoms with van der Waals surface area (Å²) in [5.74, 6) is 0. The lowest BCUT2D eigenvalue weighted by Gasteiger charge is -2.22. The van der Waals surface area contributed by atoms with E-state index in [0.717, 1.165) is 12.8 Å². The SMILES string of the molecule is CCC(O)COCC(O)CCOC1CCCCC1. The molecule has 1 aliphatic rings. The second-order valence-electron chi connectivity index (χ2n) is 5.17. The average Bonchev–Trinajstić information content (AvgIpc) is 2.39. The van der Waals surface area contributed by atoms with Crippen molar-refractivity contribution >= 4 is 0 Å². The first-order valence-electron chi connectivity index (χ1n) is 7.27. The zero-order valence-electron chi connectivity index (χ0n) is 11.5. The molecule has 4 heteroatoms. The van der Waals surface area contributed by atoms with Crippen LogP contribution in [-0.4, -0.2) is 48.3 Å². The molecule has 108 valence electrons. The highest BCUT2D eigenvalue weighted by atomic mass is 16.5. The maximum absolute atomic E-state index is 9.68. The summed E-state index contributed by atoms with van der Waals surface area (Å²) in [7, 11) is 0. The van der Waals surface area contributed by atoms with Crippen LogP contribution in [0.3, 0.4) is 0 Å². The van der Waals surface area contributed by atoms with Crippen molar-refractivity contribution in [1.82, 2.24) is 0 Å². The van der Waals surface area contributed by atoms with Gasteiger partial charge in [0.05, 0.1) is 31.5 Å². The fourth-order valence-corrected chi connectivity index (χ4v) is 2.14. The van der Waals surface area contributed by atoms with E-state index in [-0.39, 0.29) is 6.61 Å². The van der Waals surface area contributed by atoms with Crippen LogP contribution in [0.5, 0.6) is 0 Å². The highest BCUT2D eigenvalue weighted by Crippen LogP contribution is 2.20. The summed E-state index contributed by atoms with van der Waals surface area (Å²) in [6.45, 7) is 3.09. The van der Waals surface area contributed by atoms with E-state index in [1.807, 2.05) is 6.92 Å². The number of aliphatic hydroxyl groups is 2. The molecule has 0 saturated heterocycles. The van der Waals surface area contributed by atoms with Gasteiger partial charge in [-0.1, -0.05) is 26.2 Å². The molecular weight excluding hydrogens is 232 g/mol. The highest BCUT2D eigenvalue weighted by molar-refractivity contribution is 4.65. The second kappa shape index (κ2) is 9.73. The molecule has 0 aromatic carbocycles. The van der Waals surface area contributed by atoms with Crippen molar-refractivity contribution in [2.75, 3.05) is 19.8 Å². The Morgan fingerprint density at radius 3 is 2.39 bits per heavy atom. The first kappa shape index (κ1) is 15.9. The molecule has 18 heavy (non-hydrogen) atoms. The van der Waals surface area contributed by atoms with Crippen LogP contribution in [0.25, 0.3) is 0 Å². The summed E-state index contributed by atoms with van der Waals surface area (Å²) >= 11 is 0. The Morgan fingerprint density at radius 2 is 1.72 bits per heavy atom. The van der Waals surface area contributed by atoms with Crippen molar-refractivity contribution in [1.29, 1.82) is 0 Å². The van der Waals surface area contributed by atoms with Crippen molar-refractivity contribution in [3.8, 4) is 0 Å². The molecule has 1 saturated carbocycles. The van der Waals surface area contributed by atoms with Gasteiger partial charge < -0.3 is 19.7 Å². The largest absolute Gasteiger partial charge is 0.391 e. The van der Waals surface area contributed by atoms with Gasteiger partial charge in [0, 0.05) is 6.61 Å². The zero-order valence-corrected chi connectivity index (χ0v) is 11.5. The van der Waals surface area contributed by atoms with Crippen LogP contribution in [-0.2, 0) is 9.47 Å². The van der Waals surface area contributed by atoms with E-state index < -0.39 is 12.2 Å². The van der Waals surface area contributed by atoms with Gasteiger partial charge in [-0.15, -0.1) is 0 Å².